The summed E-state index contributed by atoms with van der Waals surface area (Å²) >= 11 is 0. The molecular formula is C24H34F3N3O3. The van der Waals surface area contributed by atoms with Crippen molar-refractivity contribution in [3.05, 3.63) is 29.1 Å². The molecule has 1 N–H and O–H groups in total. The fourth-order valence-corrected chi connectivity index (χ4v) is 5.58. The number of amides is 1. The van der Waals surface area contributed by atoms with Gasteiger partial charge in [-0.3, -0.25) is 9.78 Å². The lowest BCUT2D eigenvalue weighted by molar-refractivity contribution is -0.146. The van der Waals surface area contributed by atoms with Crippen molar-refractivity contribution >= 4 is 5.91 Å². The van der Waals surface area contributed by atoms with Crippen molar-refractivity contribution in [2.75, 3.05) is 26.9 Å². The quantitative estimate of drug-likeness (QED) is 0.713. The monoisotopic (exact) mass is 470 g/mol. The summed E-state index contributed by atoms with van der Waals surface area (Å²) in [6.45, 7) is 5.69. The van der Waals surface area contributed by atoms with E-state index >= 15 is 0 Å². The number of fused-ring (bicyclic) bond motifs is 1. The number of alkyl halides is 3. The predicted octanol–water partition coefficient (Wildman–Crippen LogP) is 3.57. The van der Waals surface area contributed by atoms with Crippen LogP contribution in [-0.4, -0.2) is 60.8 Å². The Morgan fingerprint density at radius 2 is 2.21 bits per heavy atom. The predicted molar refractivity (Wildman–Crippen MR) is 116 cm³/mol. The number of pyridine rings is 1. The summed E-state index contributed by atoms with van der Waals surface area (Å²) in [6.07, 6.45) is -0.666. The molecule has 3 heterocycles. The largest absolute Gasteiger partial charge is 0.417 e. The van der Waals surface area contributed by atoms with E-state index in [-0.39, 0.29) is 36.6 Å². The number of halogens is 3. The van der Waals surface area contributed by atoms with Crippen molar-refractivity contribution in [3.63, 3.8) is 0 Å². The van der Waals surface area contributed by atoms with Crippen LogP contribution in [0.25, 0.3) is 0 Å². The van der Waals surface area contributed by atoms with Crippen molar-refractivity contribution in [1.82, 2.24) is 15.2 Å². The fraction of sp³-hybridized carbons (Fsp3) is 0.750. The van der Waals surface area contributed by atoms with E-state index in [4.69, 9.17) is 10.9 Å². The van der Waals surface area contributed by atoms with Gasteiger partial charge in [-0.2, -0.15) is 13.2 Å². The summed E-state index contributed by atoms with van der Waals surface area (Å²) in [7, 11) is 1.63. The molecule has 1 aromatic heterocycles. The van der Waals surface area contributed by atoms with Gasteiger partial charge in [0.15, 0.2) is 0 Å². The minimum absolute atomic E-state index is 0.0169. The topological polar surface area (TPSA) is 63.7 Å². The van der Waals surface area contributed by atoms with Crippen molar-refractivity contribution in [3.8, 4) is 0 Å². The Labute approximate surface area is 194 Å². The lowest BCUT2D eigenvalue weighted by atomic mass is 9.74. The molecule has 6 nitrogen and oxygen atoms in total. The summed E-state index contributed by atoms with van der Waals surface area (Å²) in [5.74, 6) is 0.0315. The Bertz CT molecular complexity index is 900. The Kier molecular flexibility index (Phi) is 6.64. The molecule has 1 saturated heterocycles. The average molecular weight is 471 g/mol. The molecule has 2 aliphatic heterocycles. The molecule has 4 atom stereocenters. The third kappa shape index (κ3) is 4.91. The highest BCUT2D eigenvalue weighted by molar-refractivity contribution is 5.83. The molecule has 9 heteroatoms. The first-order valence-electron chi connectivity index (χ1n) is 12.2. The van der Waals surface area contributed by atoms with Crippen LogP contribution in [0.4, 0.5) is 13.2 Å². The van der Waals surface area contributed by atoms with Crippen LogP contribution in [0, 0.1) is 11.3 Å². The normalized spacial score (nSPS) is 31.1. The first kappa shape index (κ1) is 23.1. The summed E-state index contributed by atoms with van der Waals surface area (Å²) in [6, 6.07) is 0.960. The van der Waals surface area contributed by atoms with E-state index in [1.165, 1.54) is 0 Å². The SMILES string of the molecule is [2H]N(C1CC[C@@](C(=O)N2CCc3ncc(C(F)(F)F)cc3C2)(C(C)C)C1)[C@H]1CCOC[C@H]1OC. The van der Waals surface area contributed by atoms with Gasteiger partial charge in [0.1, 0.15) is 1.41 Å². The molecule has 1 saturated carbocycles. The van der Waals surface area contributed by atoms with Crippen LogP contribution >= 0.6 is 0 Å². The highest BCUT2D eigenvalue weighted by Gasteiger charge is 2.50. The van der Waals surface area contributed by atoms with Crippen LogP contribution in [0.2, 0.25) is 1.41 Å². The van der Waals surface area contributed by atoms with Gasteiger partial charge in [0.25, 0.3) is 0 Å². The number of ether oxygens (including phenoxy) is 2. The Morgan fingerprint density at radius 3 is 2.91 bits per heavy atom. The van der Waals surface area contributed by atoms with E-state index in [9.17, 15) is 18.0 Å². The zero-order valence-electron chi connectivity index (χ0n) is 20.5. The van der Waals surface area contributed by atoms with Crippen molar-refractivity contribution < 1.29 is 28.9 Å². The number of carbonyl (C=O) groups excluding carboxylic acids is 1. The zero-order chi connectivity index (χ0) is 24.7. The summed E-state index contributed by atoms with van der Waals surface area (Å²) in [5.41, 5.74) is -0.323. The molecule has 184 valence electrons. The highest BCUT2D eigenvalue weighted by Crippen LogP contribution is 2.47. The zero-order valence-corrected chi connectivity index (χ0v) is 19.5. The maximum absolute atomic E-state index is 13.9. The molecule has 3 aliphatic rings. The molecule has 0 aromatic carbocycles. The van der Waals surface area contributed by atoms with Crippen molar-refractivity contribution in [2.24, 2.45) is 11.3 Å². The molecule has 1 amide bonds. The molecule has 2 fully saturated rings. The third-order valence-electron chi connectivity index (χ3n) is 7.68. The van der Waals surface area contributed by atoms with Gasteiger partial charge in [-0.1, -0.05) is 13.8 Å². The second-order valence-electron chi connectivity index (χ2n) is 9.87. The van der Waals surface area contributed by atoms with Gasteiger partial charge >= 0.3 is 6.18 Å². The molecule has 1 aromatic rings. The van der Waals surface area contributed by atoms with Crippen LogP contribution in [0.1, 0.15) is 56.4 Å². The minimum atomic E-state index is -4.46. The number of carbonyl (C=O) groups is 1. The van der Waals surface area contributed by atoms with Crippen LogP contribution in [0.15, 0.2) is 12.3 Å². The van der Waals surface area contributed by atoms with E-state index in [1.54, 1.807) is 17.3 Å². The van der Waals surface area contributed by atoms with E-state index in [0.717, 1.165) is 18.7 Å². The number of aromatic nitrogens is 1. The van der Waals surface area contributed by atoms with E-state index in [0.29, 0.717) is 56.7 Å². The molecule has 33 heavy (non-hydrogen) atoms. The average Bonchev–Trinajstić information content (AvgIpc) is 3.28. The second-order valence-corrected chi connectivity index (χ2v) is 9.87. The molecule has 1 aliphatic carbocycles. The van der Waals surface area contributed by atoms with Gasteiger partial charge in [0.05, 0.1) is 23.7 Å². The lowest BCUT2D eigenvalue weighted by Crippen LogP contribution is -2.52. The Balaban J connectivity index is 1.51. The molecule has 4 rings (SSSR count). The van der Waals surface area contributed by atoms with E-state index < -0.39 is 17.2 Å². The first-order chi connectivity index (χ1) is 16.1. The van der Waals surface area contributed by atoms with Gasteiger partial charge in [-0.05, 0) is 43.2 Å². The summed E-state index contributed by atoms with van der Waals surface area (Å²) < 4.78 is 59.5. The molecule has 0 bridgehead atoms. The van der Waals surface area contributed by atoms with Crippen LogP contribution in [0.3, 0.4) is 0 Å². The number of hydrogen-bond acceptors (Lipinski definition) is 5. The molecule has 0 radical (unpaired) electrons. The molecule has 0 spiro atoms. The number of rotatable bonds is 5. The number of hydrogen-bond donors (Lipinski definition) is 1. The van der Waals surface area contributed by atoms with Crippen LogP contribution in [0.5, 0.6) is 0 Å². The standard InChI is InChI=1S/C24H34F3N3O3/c1-15(2)23(7-4-18(11-23)29-20-6-9-33-14-21(20)32-3)22(31)30-8-5-19-16(13-30)10-17(12-28-19)24(25,26)27/h10,12,15,18,20-21,29H,4-9,11,13-14H2,1-3H3/t18?,20-,21+,23-/m0/s1/i/hD. The molecular weight excluding hydrogens is 435 g/mol. The van der Waals surface area contributed by atoms with Gasteiger partial charge in [-0.25, -0.2) is 0 Å². The van der Waals surface area contributed by atoms with E-state index in [2.05, 4.69) is 4.98 Å². The Morgan fingerprint density at radius 1 is 1.42 bits per heavy atom. The number of nitrogens with one attached hydrogen (secondary N) is 1. The second kappa shape index (κ2) is 9.50. The minimum Gasteiger partial charge on any atom is -0.379 e. The van der Waals surface area contributed by atoms with Crippen molar-refractivity contribution in [2.45, 2.75) is 76.9 Å². The maximum atomic E-state index is 13.9. The Hall–Kier alpha value is -1.71. The van der Waals surface area contributed by atoms with Crippen molar-refractivity contribution in [1.29, 1.82) is 0 Å². The van der Waals surface area contributed by atoms with Gasteiger partial charge in [-0.15, -0.1) is 0 Å². The maximum Gasteiger partial charge on any atom is 0.417 e. The number of methoxy groups -OCH3 is 1. The summed E-state index contributed by atoms with van der Waals surface area (Å²) in [5, 5.41) is 1.62. The van der Waals surface area contributed by atoms with E-state index in [1.807, 2.05) is 13.8 Å². The smallest absolute Gasteiger partial charge is 0.379 e. The number of nitrogens with zero attached hydrogens (tertiary/aromatic N) is 2. The fourth-order valence-electron chi connectivity index (χ4n) is 5.58. The van der Waals surface area contributed by atoms with Gasteiger partial charge < -0.3 is 19.7 Å². The van der Waals surface area contributed by atoms with Gasteiger partial charge in [0.2, 0.25) is 5.91 Å². The third-order valence-corrected chi connectivity index (χ3v) is 7.68. The van der Waals surface area contributed by atoms with Crippen LogP contribution < -0.4 is 5.31 Å². The highest BCUT2D eigenvalue weighted by atomic mass is 19.4. The summed E-state index contributed by atoms with van der Waals surface area (Å²) in [4.78, 5) is 19.6. The lowest BCUT2D eigenvalue weighted by Gasteiger charge is -2.40. The van der Waals surface area contributed by atoms with Gasteiger partial charge in [0, 0.05) is 57.2 Å². The molecule has 1 unspecified atom stereocenters. The first-order valence-corrected chi connectivity index (χ1v) is 11.8. The van der Waals surface area contributed by atoms with Crippen LogP contribution in [-0.2, 0) is 33.4 Å².